The third kappa shape index (κ3) is 3.09. The standard InChI is InChI=1S/C28H35NO3/c1-4-28(32-25(31)29-20-8-6-5-7-9-20)17-14-24-22-11-10-19-18-21(30)12-15-26(19,2)23(22)13-16-27(24,28)3/h5-9,12,15,18,22-24H,4,10-11,13-14,16-17H2,1-3H3,(H,29,31)/t22?,23?,24?,26-,27-,28-/m0/s1. The van der Waals surface area contributed by atoms with Crippen molar-refractivity contribution in [1.29, 1.82) is 0 Å². The first-order chi connectivity index (χ1) is 15.3. The molecule has 0 aromatic heterocycles. The van der Waals surface area contributed by atoms with E-state index < -0.39 is 5.60 Å². The summed E-state index contributed by atoms with van der Waals surface area (Å²) in [5.41, 5.74) is 1.67. The van der Waals surface area contributed by atoms with E-state index in [9.17, 15) is 9.59 Å². The minimum atomic E-state index is -0.420. The number of allylic oxidation sites excluding steroid dienone is 4. The van der Waals surface area contributed by atoms with Crippen LogP contribution in [0.2, 0.25) is 0 Å². The molecule has 3 saturated carbocycles. The van der Waals surface area contributed by atoms with E-state index in [1.807, 2.05) is 36.4 Å². The smallest absolute Gasteiger partial charge is 0.412 e. The number of nitrogens with one attached hydrogen (secondary N) is 1. The Balaban J connectivity index is 1.39. The van der Waals surface area contributed by atoms with E-state index in [0.29, 0.717) is 17.8 Å². The van der Waals surface area contributed by atoms with E-state index in [1.165, 1.54) is 5.57 Å². The summed E-state index contributed by atoms with van der Waals surface area (Å²) >= 11 is 0. The number of hydrogen-bond acceptors (Lipinski definition) is 3. The van der Waals surface area contributed by atoms with Gasteiger partial charge in [0, 0.05) is 16.5 Å². The Kier molecular flexibility index (Phi) is 5.11. The summed E-state index contributed by atoms with van der Waals surface area (Å²) in [5.74, 6) is 1.87. The number of amides is 1. The fourth-order valence-corrected chi connectivity index (χ4v) is 7.95. The summed E-state index contributed by atoms with van der Waals surface area (Å²) < 4.78 is 6.33. The fraction of sp³-hybridized carbons (Fsp3) is 0.571. The van der Waals surface area contributed by atoms with Gasteiger partial charge in [-0.3, -0.25) is 10.1 Å². The summed E-state index contributed by atoms with van der Waals surface area (Å²) in [6.07, 6.45) is 12.8. The second kappa shape index (κ2) is 7.60. The molecule has 0 heterocycles. The van der Waals surface area contributed by atoms with Gasteiger partial charge >= 0.3 is 6.09 Å². The Hall–Kier alpha value is -2.36. The second-order valence-corrected chi connectivity index (χ2v) is 10.8. The van der Waals surface area contributed by atoms with Crippen LogP contribution in [0.5, 0.6) is 0 Å². The second-order valence-electron chi connectivity index (χ2n) is 10.8. The molecule has 1 N–H and O–H groups in total. The van der Waals surface area contributed by atoms with Crippen molar-refractivity contribution in [1.82, 2.24) is 0 Å². The molecule has 1 aromatic carbocycles. The largest absolute Gasteiger partial charge is 0.442 e. The minimum Gasteiger partial charge on any atom is -0.442 e. The van der Waals surface area contributed by atoms with E-state index in [0.717, 1.165) is 50.6 Å². The summed E-state index contributed by atoms with van der Waals surface area (Å²) in [6.45, 7) is 6.90. The summed E-state index contributed by atoms with van der Waals surface area (Å²) in [5, 5.41) is 2.93. The molecule has 170 valence electrons. The third-order valence-electron chi connectivity index (χ3n) is 9.73. The maximum absolute atomic E-state index is 12.9. The highest BCUT2D eigenvalue weighted by Crippen LogP contribution is 2.68. The summed E-state index contributed by atoms with van der Waals surface area (Å²) in [7, 11) is 0. The van der Waals surface area contributed by atoms with Crippen molar-refractivity contribution in [2.75, 3.05) is 5.32 Å². The first kappa shape index (κ1) is 21.5. The van der Waals surface area contributed by atoms with E-state index in [1.54, 1.807) is 6.08 Å². The summed E-state index contributed by atoms with van der Waals surface area (Å²) in [4.78, 5) is 24.9. The molecule has 4 aliphatic rings. The van der Waals surface area contributed by atoms with Gasteiger partial charge in [0.25, 0.3) is 0 Å². The number of ether oxygens (including phenoxy) is 1. The molecular weight excluding hydrogens is 398 g/mol. The van der Waals surface area contributed by atoms with Crippen molar-refractivity contribution in [3.05, 3.63) is 54.1 Å². The number of hydrogen-bond donors (Lipinski definition) is 1. The quantitative estimate of drug-likeness (QED) is 0.577. The predicted molar refractivity (Wildman–Crippen MR) is 126 cm³/mol. The topological polar surface area (TPSA) is 55.4 Å². The lowest BCUT2D eigenvalue weighted by Crippen LogP contribution is -2.55. The van der Waals surface area contributed by atoms with Gasteiger partial charge in [-0.1, -0.05) is 50.6 Å². The predicted octanol–water partition coefficient (Wildman–Crippen LogP) is 6.69. The molecule has 0 bridgehead atoms. The number of benzene rings is 1. The zero-order valence-electron chi connectivity index (χ0n) is 19.5. The van der Waals surface area contributed by atoms with Crippen LogP contribution in [0.4, 0.5) is 10.5 Å². The van der Waals surface area contributed by atoms with Gasteiger partial charge in [0.2, 0.25) is 0 Å². The number of rotatable bonds is 3. The molecule has 0 radical (unpaired) electrons. The van der Waals surface area contributed by atoms with Crippen molar-refractivity contribution in [2.24, 2.45) is 28.6 Å². The Labute approximate surface area is 191 Å². The molecule has 4 aliphatic carbocycles. The molecule has 4 nitrogen and oxygen atoms in total. The van der Waals surface area contributed by atoms with Crippen LogP contribution < -0.4 is 5.32 Å². The number of fused-ring (bicyclic) bond motifs is 5. The molecule has 5 rings (SSSR count). The molecule has 0 spiro atoms. The number of carbonyl (C=O) groups excluding carboxylic acids is 2. The Bertz CT molecular complexity index is 982. The molecule has 0 saturated heterocycles. The van der Waals surface area contributed by atoms with Crippen LogP contribution >= 0.6 is 0 Å². The normalized spacial score (nSPS) is 40.0. The highest BCUT2D eigenvalue weighted by molar-refractivity contribution is 6.01. The Morgan fingerprint density at radius 3 is 2.59 bits per heavy atom. The molecule has 4 heteroatoms. The molecule has 3 unspecified atom stereocenters. The third-order valence-corrected chi connectivity index (χ3v) is 9.73. The van der Waals surface area contributed by atoms with Gasteiger partial charge in [0.05, 0.1) is 0 Å². The maximum Gasteiger partial charge on any atom is 0.412 e. The van der Waals surface area contributed by atoms with Crippen molar-refractivity contribution in [3.63, 3.8) is 0 Å². The Morgan fingerprint density at radius 1 is 1.09 bits per heavy atom. The van der Waals surface area contributed by atoms with E-state index in [2.05, 4.69) is 32.2 Å². The molecule has 32 heavy (non-hydrogen) atoms. The first-order valence-corrected chi connectivity index (χ1v) is 12.3. The van der Waals surface area contributed by atoms with Crippen LogP contribution in [0, 0.1) is 28.6 Å². The zero-order valence-corrected chi connectivity index (χ0v) is 19.5. The van der Waals surface area contributed by atoms with Gasteiger partial charge < -0.3 is 4.74 Å². The van der Waals surface area contributed by atoms with Crippen molar-refractivity contribution < 1.29 is 14.3 Å². The summed E-state index contributed by atoms with van der Waals surface area (Å²) in [6, 6.07) is 9.55. The molecule has 1 amide bonds. The fourth-order valence-electron chi connectivity index (χ4n) is 7.95. The van der Waals surface area contributed by atoms with Gasteiger partial charge in [0.1, 0.15) is 5.60 Å². The Morgan fingerprint density at radius 2 is 1.84 bits per heavy atom. The van der Waals surface area contributed by atoms with E-state index in [-0.39, 0.29) is 22.7 Å². The molecule has 3 fully saturated rings. The molecular formula is C28H35NO3. The van der Waals surface area contributed by atoms with Crippen LogP contribution in [0.15, 0.2) is 54.1 Å². The number of para-hydroxylation sites is 1. The van der Waals surface area contributed by atoms with E-state index in [4.69, 9.17) is 4.74 Å². The van der Waals surface area contributed by atoms with Gasteiger partial charge in [-0.15, -0.1) is 0 Å². The number of ketones is 1. The van der Waals surface area contributed by atoms with Crippen LogP contribution in [0.25, 0.3) is 0 Å². The van der Waals surface area contributed by atoms with Gasteiger partial charge in [-0.2, -0.15) is 0 Å². The SMILES string of the molecule is CC[C@]1(OC(=O)Nc2ccccc2)CCC2C3CCC4=CC(=O)C=C[C@]4(C)C3CC[C@@]21C. The zero-order chi connectivity index (χ0) is 22.6. The highest BCUT2D eigenvalue weighted by atomic mass is 16.6. The number of carbonyl (C=O) groups is 2. The van der Waals surface area contributed by atoms with Crippen molar-refractivity contribution >= 4 is 17.6 Å². The van der Waals surface area contributed by atoms with Crippen LogP contribution in [0.3, 0.4) is 0 Å². The average molecular weight is 434 g/mol. The lowest BCUT2D eigenvalue weighted by Gasteiger charge is -2.58. The average Bonchev–Trinajstić information content (AvgIpc) is 3.07. The minimum absolute atomic E-state index is 0.00115. The number of anilines is 1. The van der Waals surface area contributed by atoms with Crippen LogP contribution in [0.1, 0.15) is 65.7 Å². The van der Waals surface area contributed by atoms with Crippen molar-refractivity contribution in [3.8, 4) is 0 Å². The lowest BCUT2D eigenvalue weighted by atomic mass is 9.47. The monoisotopic (exact) mass is 433 g/mol. The highest BCUT2D eigenvalue weighted by Gasteiger charge is 2.65. The van der Waals surface area contributed by atoms with Crippen LogP contribution in [-0.2, 0) is 9.53 Å². The van der Waals surface area contributed by atoms with Gasteiger partial charge in [-0.25, -0.2) is 4.79 Å². The van der Waals surface area contributed by atoms with Gasteiger partial charge in [0.15, 0.2) is 5.78 Å². The lowest BCUT2D eigenvalue weighted by molar-refractivity contribution is -0.123. The molecule has 1 aromatic rings. The van der Waals surface area contributed by atoms with Gasteiger partial charge in [-0.05, 0) is 87.0 Å². The van der Waals surface area contributed by atoms with E-state index >= 15 is 0 Å². The first-order valence-electron chi connectivity index (χ1n) is 12.3. The van der Waals surface area contributed by atoms with Crippen molar-refractivity contribution in [2.45, 2.75) is 71.3 Å². The maximum atomic E-state index is 12.9. The molecule has 6 atom stereocenters. The molecule has 0 aliphatic heterocycles. The van der Waals surface area contributed by atoms with Crippen LogP contribution in [-0.4, -0.2) is 17.5 Å².